The molecule has 33 heavy (non-hydrogen) atoms. The van der Waals surface area contributed by atoms with Gasteiger partial charge in [0.2, 0.25) is 10.0 Å². The number of hydrogen-bond donors (Lipinski definition) is 4. The molecule has 0 radical (unpaired) electrons. The van der Waals surface area contributed by atoms with Crippen molar-refractivity contribution in [2.45, 2.75) is 23.4 Å². The summed E-state index contributed by atoms with van der Waals surface area (Å²) in [6.45, 7) is 1.13. The Morgan fingerprint density at radius 1 is 1.12 bits per heavy atom. The van der Waals surface area contributed by atoms with Crippen LogP contribution in [0.2, 0.25) is 10.0 Å². The van der Waals surface area contributed by atoms with E-state index in [-0.39, 0.29) is 46.7 Å². The maximum absolute atomic E-state index is 13.6. The van der Waals surface area contributed by atoms with Gasteiger partial charge in [0, 0.05) is 31.7 Å². The number of phenolic OH excluding ortho intramolecular Hbond substituents is 1. The molecule has 2 fully saturated rings. The number of nitrogens with zero attached hydrogens (tertiary/aromatic N) is 2. The molecule has 2 aromatic rings. The number of aliphatic hydroxyl groups is 1. The topological polar surface area (TPSA) is 122 Å². The minimum Gasteiger partial charge on any atom is -0.504 e. The molecular formula is C20H21Cl2FN4O5S. The molecule has 9 nitrogen and oxygen atoms in total. The fraction of sp³-hybridized carbons (Fsp3) is 0.350. The third-order valence-corrected chi connectivity index (χ3v) is 8.59. The quantitative estimate of drug-likeness (QED) is 0.436. The normalized spacial score (nSPS) is 20.8. The Labute approximate surface area is 199 Å². The lowest BCUT2D eigenvalue weighted by Crippen LogP contribution is -2.49. The summed E-state index contributed by atoms with van der Waals surface area (Å²) in [5.41, 5.74) is -0.203. The summed E-state index contributed by atoms with van der Waals surface area (Å²) in [5, 5.41) is 24.1. The van der Waals surface area contributed by atoms with Gasteiger partial charge < -0.3 is 20.8 Å². The minimum atomic E-state index is -4.18. The average Bonchev–Trinajstić information content (AvgIpc) is 3.35. The van der Waals surface area contributed by atoms with Crippen LogP contribution in [-0.2, 0) is 10.0 Å². The number of fused-ring (bicyclic) bond motifs is 2. The predicted molar refractivity (Wildman–Crippen MR) is 122 cm³/mol. The highest BCUT2D eigenvalue weighted by Crippen LogP contribution is 2.42. The highest BCUT2D eigenvalue weighted by molar-refractivity contribution is 7.89. The summed E-state index contributed by atoms with van der Waals surface area (Å²) in [5.74, 6) is -1.44. The number of piperazine rings is 1. The first-order chi connectivity index (χ1) is 15.6. The first-order valence-electron chi connectivity index (χ1n) is 10.0. The molecule has 0 aliphatic carbocycles. The van der Waals surface area contributed by atoms with Gasteiger partial charge in [-0.05, 0) is 30.7 Å². The van der Waals surface area contributed by atoms with Gasteiger partial charge in [0.1, 0.15) is 10.7 Å². The van der Waals surface area contributed by atoms with Crippen LogP contribution in [0.25, 0.3) is 0 Å². The van der Waals surface area contributed by atoms with E-state index in [2.05, 4.69) is 10.6 Å². The Hall–Kier alpha value is -2.15. The number of amides is 2. The molecule has 4 N–H and O–H groups in total. The lowest BCUT2D eigenvalue weighted by Gasteiger charge is -2.33. The molecule has 2 amide bonds. The summed E-state index contributed by atoms with van der Waals surface area (Å²) in [6, 6.07) is 5.16. The number of aliphatic hydroxyl groups excluding tert-OH is 1. The third-order valence-electron chi connectivity index (χ3n) is 5.79. The molecule has 2 heterocycles. The van der Waals surface area contributed by atoms with Crippen molar-refractivity contribution in [3.05, 3.63) is 46.2 Å². The number of likely N-dealkylation sites (tertiary alicyclic amines) is 1. The van der Waals surface area contributed by atoms with Crippen LogP contribution in [0, 0.1) is 5.82 Å². The van der Waals surface area contributed by atoms with Crippen molar-refractivity contribution in [3.8, 4) is 5.75 Å². The molecule has 4 rings (SSSR count). The van der Waals surface area contributed by atoms with Crippen LogP contribution in [0.4, 0.5) is 20.6 Å². The van der Waals surface area contributed by atoms with Crippen molar-refractivity contribution in [2.24, 2.45) is 0 Å². The van der Waals surface area contributed by atoms with E-state index >= 15 is 0 Å². The lowest BCUT2D eigenvalue weighted by atomic mass is 10.2. The van der Waals surface area contributed by atoms with Crippen LogP contribution in [-0.4, -0.2) is 72.2 Å². The van der Waals surface area contributed by atoms with Crippen molar-refractivity contribution < 1.29 is 27.8 Å². The molecule has 2 bridgehead atoms. The number of rotatable bonds is 6. The molecule has 0 spiro atoms. The number of sulfonamides is 1. The first kappa shape index (κ1) is 24.0. The molecule has 13 heteroatoms. The van der Waals surface area contributed by atoms with E-state index in [1.807, 2.05) is 4.90 Å². The lowest BCUT2D eigenvalue weighted by molar-refractivity contribution is 0.145. The predicted octanol–water partition coefficient (Wildman–Crippen LogP) is 2.92. The number of phenols is 1. The Morgan fingerprint density at radius 2 is 1.85 bits per heavy atom. The van der Waals surface area contributed by atoms with Crippen LogP contribution in [0.1, 0.15) is 6.42 Å². The fourth-order valence-corrected chi connectivity index (χ4v) is 6.73. The average molecular weight is 519 g/mol. The van der Waals surface area contributed by atoms with Gasteiger partial charge in [-0.3, -0.25) is 4.90 Å². The van der Waals surface area contributed by atoms with E-state index in [4.69, 9.17) is 28.3 Å². The zero-order chi connectivity index (χ0) is 23.9. The molecule has 178 valence electrons. The van der Waals surface area contributed by atoms with Gasteiger partial charge in [0.15, 0.2) is 5.75 Å². The molecule has 0 aromatic heterocycles. The number of carbonyl (C=O) groups is 1. The molecule has 2 aromatic carbocycles. The van der Waals surface area contributed by atoms with Crippen molar-refractivity contribution in [1.29, 1.82) is 0 Å². The summed E-state index contributed by atoms with van der Waals surface area (Å²) < 4.78 is 41.6. The number of urea groups is 1. The molecule has 2 aliphatic rings. The number of benzene rings is 2. The number of carbonyl (C=O) groups excluding carboxylic acids is 1. The zero-order valence-corrected chi connectivity index (χ0v) is 19.5. The second-order valence-electron chi connectivity index (χ2n) is 7.79. The summed E-state index contributed by atoms with van der Waals surface area (Å²) in [6.07, 6.45) is 0.617. The Morgan fingerprint density at radius 3 is 2.52 bits per heavy atom. The molecule has 0 saturated carbocycles. The number of aromatic hydroxyl groups is 1. The highest BCUT2D eigenvalue weighted by Gasteiger charge is 2.49. The van der Waals surface area contributed by atoms with Crippen LogP contribution in [0.5, 0.6) is 5.75 Å². The van der Waals surface area contributed by atoms with E-state index in [9.17, 15) is 22.7 Å². The number of halogens is 3. The molecule has 0 unspecified atom stereocenters. The van der Waals surface area contributed by atoms with Gasteiger partial charge >= 0.3 is 6.03 Å². The number of nitrogens with one attached hydrogen (secondary N) is 2. The van der Waals surface area contributed by atoms with E-state index in [1.165, 1.54) is 28.6 Å². The summed E-state index contributed by atoms with van der Waals surface area (Å²) >= 11 is 12.0. The highest BCUT2D eigenvalue weighted by atomic mass is 35.5. The Balaban J connectivity index is 1.56. The monoisotopic (exact) mass is 518 g/mol. The van der Waals surface area contributed by atoms with Crippen molar-refractivity contribution in [2.75, 3.05) is 36.9 Å². The Bertz CT molecular complexity index is 1200. The SMILES string of the molecule is O=C(Nc1ccc(Cl)c(S(=O)(=O)N2C[C@H]3C[C@H]2CN3CCO)c1O)Nc1cccc(F)c1Cl. The second kappa shape index (κ2) is 9.24. The molecule has 2 saturated heterocycles. The van der Waals surface area contributed by atoms with E-state index in [0.717, 1.165) is 6.07 Å². The van der Waals surface area contributed by atoms with Crippen molar-refractivity contribution >= 4 is 50.6 Å². The van der Waals surface area contributed by atoms with E-state index in [0.29, 0.717) is 19.5 Å². The van der Waals surface area contributed by atoms with Gasteiger partial charge in [-0.1, -0.05) is 29.3 Å². The minimum absolute atomic E-state index is 0.00371. The van der Waals surface area contributed by atoms with Gasteiger partial charge in [-0.25, -0.2) is 17.6 Å². The second-order valence-corrected chi connectivity index (χ2v) is 10.4. The van der Waals surface area contributed by atoms with Gasteiger partial charge in [-0.2, -0.15) is 4.31 Å². The van der Waals surface area contributed by atoms with Crippen LogP contribution < -0.4 is 10.6 Å². The van der Waals surface area contributed by atoms with Crippen LogP contribution in [0.3, 0.4) is 0 Å². The van der Waals surface area contributed by atoms with Crippen LogP contribution >= 0.6 is 23.2 Å². The van der Waals surface area contributed by atoms with Crippen molar-refractivity contribution in [1.82, 2.24) is 9.21 Å². The summed E-state index contributed by atoms with van der Waals surface area (Å²) in [7, 11) is -4.18. The van der Waals surface area contributed by atoms with Gasteiger partial charge in [-0.15, -0.1) is 0 Å². The molecular weight excluding hydrogens is 498 g/mol. The Kier molecular flexibility index (Phi) is 6.72. The van der Waals surface area contributed by atoms with E-state index in [1.54, 1.807) is 0 Å². The van der Waals surface area contributed by atoms with Gasteiger partial charge in [0.05, 0.1) is 28.0 Å². The van der Waals surface area contributed by atoms with E-state index < -0.39 is 32.5 Å². The number of hydrogen-bond acceptors (Lipinski definition) is 6. The van der Waals surface area contributed by atoms with Gasteiger partial charge in [0.25, 0.3) is 0 Å². The zero-order valence-electron chi connectivity index (χ0n) is 17.1. The first-order valence-corrected chi connectivity index (χ1v) is 12.2. The molecule has 2 atom stereocenters. The smallest absolute Gasteiger partial charge is 0.323 e. The fourth-order valence-electron chi connectivity index (χ4n) is 4.30. The summed E-state index contributed by atoms with van der Waals surface area (Å²) in [4.78, 5) is 13.9. The number of β-amino-alcohol motifs (C(OH)–C–C–N with tert-alkyl or cyclic N) is 1. The molecule has 2 aliphatic heterocycles. The van der Waals surface area contributed by atoms with Crippen molar-refractivity contribution in [3.63, 3.8) is 0 Å². The number of anilines is 2. The largest absolute Gasteiger partial charge is 0.504 e. The van der Waals surface area contributed by atoms with Crippen LogP contribution in [0.15, 0.2) is 35.2 Å². The maximum atomic E-state index is 13.6. The maximum Gasteiger partial charge on any atom is 0.323 e. The standard InChI is InChI=1S/C20H21Cl2FN4O5S/c21-13-4-5-16(25-20(30)24-15-3-1-2-14(23)17(15)22)18(29)19(13)33(31,32)27-10-11-8-12(27)9-26(11)6-7-28/h1-5,11-12,28-29H,6-10H2,(H2,24,25,30)/t11-,12+/m1/s1. The third kappa shape index (κ3) is 4.48.